The quantitative estimate of drug-likeness (QED) is 0.401. The number of primary amides is 1. The van der Waals surface area contributed by atoms with Crippen LogP contribution in [-0.2, 0) is 17.8 Å². The van der Waals surface area contributed by atoms with E-state index in [4.69, 9.17) is 17.2 Å². The molecule has 0 aliphatic rings. The number of halogens is 3. The topological polar surface area (TPSA) is 165 Å². The van der Waals surface area contributed by atoms with Gasteiger partial charge in [0.1, 0.15) is 23.1 Å². The Bertz CT molecular complexity index is 1320. The zero-order chi connectivity index (χ0) is 23.0. The van der Waals surface area contributed by atoms with E-state index in [1.807, 2.05) is 0 Å². The van der Waals surface area contributed by atoms with Gasteiger partial charge in [0.2, 0.25) is 0 Å². The van der Waals surface area contributed by atoms with Gasteiger partial charge in [0.25, 0.3) is 5.91 Å². The lowest BCUT2D eigenvalue weighted by Gasteiger charge is -2.15. The highest BCUT2D eigenvalue weighted by Crippen LogP contribution is 2.30. The van der Waals surface area contributed by atoms with E-state index in [9.17, 15) is 18.0 Å². The summed E-state index contributed by atoms with van der Waals surface area (Å²) in [7, 11) is 0. The first-order valence-electron chi connectivity index (χ1n) is 9.19. The highest BCUT2D eigenvalue weighted by Gasteiger charge is 2.38. The van der Waals surface area contributed by atoms with Crippen LogP contribution in [0, 0.1) is 5.82 Å². The third-order valence-electron chi connectivity index (χ3n) is 4.74. The number of nitrogens with zero attached hydrogens (tertiary/aromatic N) is 6. The molecule has 3 heterocycles. The van der Waals surface area contributed by atoms with E-state index in [-0.39, 0.29) is 35.3 Å². The molecule has 0 saturated carbocycles. The van der Waals surface area contributed by atoms with Crippen LogP contribution >= 0.6 is 0 Å². The number of alkyl halides is 2. The number of amides is 1. The number of hydrogen-bond donors (Lipinski definition) is 3. The molecule has 0 aliphatic heterocycles. The van der Waals surface area contributed by atoms with Crippen molar-refractivity contribution in [2.24, 2.45) is 5.73 Å². The van der Waals surface area contributed by atoms with Crippen LogP contribution in [0.1, 0.15) is 11.1 Å². The van der Waals surface area contributed by atoms with Crippen LogP contribution < -0.4 is 17.2 Å². The molecule has 0 fully saturated rings. The van der Waals surface area contributed by atoms with Gasteiger partial charge in [-0.05, 0) is 12.1 Å². The van der Waals surface area contributed by atoms with E-state index in [1.54, 1.807) is 24.3 Å². The lowest BCUT2D eigenvalue weighted by molar-refractivity contribution is -0.141. The molecule has 0 saturated heterocycles. The molecule has 0 radical (unpaired) electrons. The Kier molecular flexibility index (Phi) is 5.08. The average Bonchev–Trinajstić information content (AvgIpc) is 3.11. The number of fused-ring (bicyclic) bond motifs is 1. The van der Waals surface area contributed by atoms with Crippen LogP contribution in [0.25, 0.3) is 22.6 Å². The third-order valence-corrected chi connectivity index (χ3v) is 4.74. The number of nitrogen functional groups attached to an aromatic ring is 2. The lowest BCUT2D eigenvalue weighted by Crippen LogP contribution is -2.38. The van der Waals surface area contributed by atoms with Crippen LogP contribution in [0.4, 0.5) is 24.8 Å². The minimum absolute atomic E-state index is 0.0374. The van der Waals surface area contributed by atoms with Crippen molar-refractivity contribution in [1.29, 1.82) is 0 Å². The molecule has 0 atom stereocenters. The summed E-state index contributed by atoms with van der Waals surface area (Å²) in [6, 6.07) is 7.75. The summed E-state index contributed by atoms with van der Waals surface area (Å²) < 4.78 is 43.1. The standard InChI is InChI=1S/C19H16F3N9O/c20-12-4-2-1-3-9(12)8-31-17-10(5-6-26-29-17)13(30-31)16-27-14(23)11(15(24)28-16)7-19(21,22)18(25)32/h1-6H,7-8H2,(H2,25,32)(H4,23,24,27,28). The number of nitrogens with two attached hydrogens (primary N) is 3. The molecule has 4 aromatic rings. The Morgan fingerprint density at radius 1 is 1.09 bits per heavy atom. The molecule has 10 nitrogen and oxygen atoms in total. The summed E-state index contributed by atoms with van der Waals surface area (Å²) in [6.07, 6.45) is 0.268. The van der Waals surface area contributed by atoms with Crippen molar-refractivity contribution in [3.8, 4) is 11.5 Å². The monoisotopic (exact) mass is 443 g/mol. The Balaban J connectivity index is 1.79. The van der Waals surface area contributed by atoms with E-state index >= 15 is 0 Å². The van der Waals surface area contributed by atoms with Gasteiger partial charge >= 0.3 is 5.92 Å². The minimum atomic E-state index is -3.88. The van der Waals surface area contributed by atoms with Gasteiger partial charge in [-0.1, -0.05) is 18.2 Å². The van der Waals surface area contributed by atoms with Crippen LogP contribution in [0.15, 0.2) is 36.5 Å². The van der Waals surface area contributed by atoms with Crippen LogP contribution in [0.3, 0.4) is 0 Å². The van der Waals surface area contributed by atoms with Crippen molar-refractivity contribution in [2.45, 2.75) is 18.9 Å². The molecule has 4 rings (SSSR count). The Hall–Kier alpha value is -4.29. The fraction of sp³-hybridized carbons (Fsp3) is 0.158. The van der Waals surface area contributed by atoms with Crippen molar-refractivity contribution >= 4 is 28.6 Å². The van der Waals surface area contributed by atoms with Gasteiger partial charge in [0.15, 0.2) is 11.5 Å². The van der Waals surface area contributed by atoms with Crippen molar-refractivity contribution in [3.63, 3.8) is 0 Å². The number of benzene rings is 1. The average molecular weight is 443 g/mol. The molecular formula is C19H16F3N9O. The molecule has 13 heteroatoms. The first kappa shape index (κ1) is 21.0. The Labute approximate surface area is 178 Å². The smallest absolute Gasteiger partial charge is 0.328 e. The van der Waals surface area contributed by atoms with Crippen molar-refractivity contribution < 1.29 is 18.0 Å². The maximum atomic E-state index is 14.1. The summed E-state index contributed by atoms with van der Waals surface area (Å²) in [5.74, 6) is -6.89. The van der Waals surface area contributed by atoms with Crippen molar-refractivity contribution in [3.05, 3.63) is 53.5 Å². The highest BCUT2D eigenvalue weighted by molar-refractivity contribution is 5.89. The first-order chi connectivity index (χ1) is 15.2. The predicted molar refractivity (Wildman–Crippen MR) is 109 cm³/mol. The summed E-state index contributed by atoms with van der Waals surface area (Å²) in [4.78, 5) is 19.0. The molecule has 0 bridgehead atoms. The van der Waals surface area contributed by atoms with E-state index in [2.05, 4.69) is 25.3 Å². The maximum absolute atomic E-state index is 14.1. The van der Waals surface area contributed by atoms with Gasteiger partial charge in [-0.3, -0.25) is 4.79 Å². The second-order valence-corrected chi connectivity index (χ2v) is 6.91. The zero-order valence-electron chi connectivity index (χ0n) is 16.3. The SMILES string of the molecule is NC(=O)C(F)(F)Cc1c(N)nc(-c2nn(Cc3ccccc3F)c3nnccc23)nc1N. The fourth-order valence-electron chi connectivity index (χ4n) is 3.10. The summed E-state index contributed by atoms with van der Waals surface area (Å²) >= 11 is 0. The summed E-state index contributed by atoms with van der Waals surface area (Å²) in [6.45, 7) is 0.0374. The predicted octanol–water partition coefficient (Wildman–Crippen LogP) is 1.30. The van der Waals surface area contributed by atoms with Gasteiger partial charge in [0, 0.05) is 11.1 Å². The highest BCUT2D eigenvalue weighted by atomic mass is 19.3. The molecule has 1 aromatic carbocycles. The molecular weight excluding hydrogens is 427 g/mol. The Morgan fingerprint density at radius 2 is 1.78 bits per heavy atom. The number of hydrogen-bond acceptors (Lipinski definition) is 8. The molecule has 1 amide bonds. The van der Waals surface area contributed by atoms with Crippen molar-refractivity contribution in [2.75, 3.05) is 11.5 Å². The second-order valence-electron chi connectivity index (χ2n) is 6.91. The largest absolute Gasteiger partial charge is 0.383 e. The molecule has 164 valence electrons. The Morgan fingerprint density at radius 3 is 2.44 bits per heavy atom. The first-order valence-corrected chi connectivity index (χ1v) is 9.19. The van der Waals surface area contributed by atoms with Gasteiger partial charge in [-0.2, -0.15) is 19.0 Å². The number of anilines is 2. The molecule has 3 aromatic heterocycles. The summed E-state index contributed by atoms with van der Waals surface area (Å²) in [5.41, 5.74) is 16.9. The summed E-state index contributed by atoms with van der Waals surface area (Å²) in [5, 5.41) is 12.7. The zero-order valence-corrected chi connectivity index (χ0v) is 16.3. The van der Waals surface area contributed by atoms with E-state index < -0.39 is 24.1 Å². The molecule has 6 N–H and O–H groups in total. The van der Waals surface area contributed by atoms with Crippen LogP contribution in [-0.4, -0.2) is 41.8 Å². The normalized spacial score (nSPS) is 11.7. The van der Waals surface area contributed by atoms with Crippen LogP contribution in [0.2, 0.25) is 0 Å². The fourth-order valence-corrected chi connectivity index (χ4v) is 3.10. The molecule has 0 spiro atoms. The van der Waals surface area contributed by atoms with E-state index in [0.29, 0.717) is 16.6 Å². The minimum Gasteiger partial charge on any atom is -0.383 e. The lowest BCUT2D eigenvalue weighted by atomic mass is 10.1. The third kappa shape index (κ3) is 3.75. The van der Waals surface area contributed by atoms with Gasteiger partial charge in [0.05, 0.1) is 24.5 Å². The molecule has 0 aliphatic carbocycles. The molecule has 0 unspecified atom stereocenters. The van der Waals surface area contributed by atoms with Crippen LogP contribution in [0.5, 0.6) is 0 Å². The maximum Gasteiger partial charge on any atom is 0.328 e. The van der Waals surface area contributed by atoms with Crippen molar-refractivity contribution in [1.82, 2.24) is 29.9 Å². The second kappa shape index (κ2) is 7.76. The van der Waals surface area contributed by atoms with E-state index in [0.717, 1.165) is 0 Å². The number of aromatic nitrogens is 6. The molecule has 32 heavy (non-hydrogen) atoms. The van der Waals surface area contributed by atoms with E-state index in [1.165, 1.54) is 16.9 Å². The number of rotatable bonds is 6. The van der Waals surface area contributed by atoms with Gasteiger partial charge in [-0.25, -0.2) is 19.0 Å². The van der Waals surface area contributed by atoms with Gasteiger partial charge in [-0.15, -0.1) is 5.10 Å². The van der Waals surface area contributed by atoms with Gasteiger partial charge < -0.3 is 17.2 Å². The number of carbonyl (C=O) groups excluding carboxylic acids is 1. The number of carbonyl (C=O) groups is 1.